The molecule has 0 saturated carbocycles. The van der Waals surface area contributed by atoms with Crippen LogP contribution in [0.3, 0.4) is 0 Å². The zero-order chi connectivity index (χ0) is 23.9. The summed E-state index contributed by atoms with van der Waals surface area (Å²) in [6, 6.07) is 12.5. The number of piperazine rings is 1. The molecule has 1 aliphatic heterocycles. The third-order valence-corrected chi connectivity index (χ3v) is 8.42. The molecule has 7 nitrogen and oxygen atoms in total. The van der Waals surface area contributed by atoms with Crippen LogP contribution in [-0.2, 0) is 10.0 Å². The van der Waals surface area contributed by atoms with Crippen molar-refractivity contribution in [1.29, 1.82) is 5.26 Å². The van der Waals surface area contributed by atoms with Crippen LogP contribution in [0.1, 0.15) is 39.7 Å². The quantitative estimate of drug-likeness (QED) is 0.593. The highest BCUT2D eigenvalue weighted by Crippen LogP contribution is 2.29. The van der Waals surface area contributed by atoms with Gasteiger partial charge in [0.25, 0.3) is 5.91 Å². The van der Waals surface area contributed by atoms with Gasteiger partial charge in [-0.1, -0.05) is 12.1 Å². The summed E-state index contributed by atoms with van der Waals surface area (Å²) >= 11 is 0. The predicted octanol–water partition coefficient (Wildman–Crippen LogP) is 3.57. The van der Waals surface area contributed by atoms with Gasteiger partial charge in [0.15, 0.2) is 0 Å². The lowest BCUT2D eigenvalue weighted by molar-refractivity contribution is 0.0593. The third-order valence-electron chi connectivity index (χ3n) is 6.25. The maximum Gasteiger partial charge on any atom is 0.254 e. The first kappa shape index (κ1) is 22.9. The van der Waals surface area contributed by atoms with Gasteiger partial charge in [0.2, 0.25) is 10.0 Å². The van der Waals surface area contributed by atoms with Gasteiger partial charge < -0.3 is 4.90 Å². The maximum absolute atomic E-state index is 13.5. The number of nitrogens with zero attached hydrogens (tertiary/aromatic N) is 4. The Morgan fingerprint density at radius 3 is 2.45 bits per heavy atom. The van der Waals surface area contributed by atoms with E-state index in [0.29, 0.717) is 28.8 Å². The number of aryl methyl sites for hydroxylation is 3. The van der Waals surface area contributed by atoms with E-state index >= 15 is 0 Å². The number of pyridine rings is 1. The summed E-state index contributed by atoms with van der Waals surface area (Å²) in [5, 5.41) is 11.0. The Morgan fingerprint density at radius 2 is 1.82 bits per heavy atom. The summed E-state index contributed by atoms with van der Waals surface area (Å²) in [4.78, 5) is 19.8. The molecule has 1 atom stereocenters. The number of amides is 1. The lowest BCUT2D eigenvalue weighted by Crippen LogP contribution is -2.55. The van der Waals surface area contributed by atoms with E-state index in [9.17, 15) is 18.5 Å². The zero-order valence-corrected chi connectivity index (χ0v) is 20.0. The standard InChI is InChI=1S/C25H26N4O3S/c1-16-12-20(14-26)13-17(2)24(16)33(31,32)28-10-11-29(18(3)15-28)25(30)22-7-5-6-21-8-9-27-19(4)23(21)22/h5-9,12-13,18H,10-11,15H2,1-4H3/t18-/m0/s1. The van der Waals surface area contributed by atoms with E-state index in [-0.39, 0.29) is 29.9 Å². The molecule has 2 heterocycles. The Hall–Kier alpha value is -3.28. The third kappa shape index (κ3) is 3.99. The number of aromatic nitrogens is 1. The van der Waals surface area contributed by atoms with Crippen molar-refractivity contribution in [3.63, 3.8) is 0 Å². The number of sulfonamides is 1. The minimum atomic E-state index is -3.76. The molecule has 1 amide bonds. The summed E-state index contributed by atoms with van der Waals surface area (Å²) in [5.41, 5.74) is 2.91. The van der Waals surface area contributed by atoms with E-state index in [0.717, 1.165) is 16.5 Å². The largest absolute Gasteiger partial charge is 0.333 e. The lowest BCUT2D eigenvalue weighted by Gasteiger charge is -2.39. The first-order chi connectivity index (χ1) is 15.6. The lowest BCUT2D eigenvalue weighted by atomic mass is 10.0. The van der Waals surface area contributed by atoms with E-state index in [4.69, 9.17) is 0 Å². The number of carbonyl (C=O) groups excluding carboxylic acids is 1. The van der Waals surface area contributed by atoms with Gasteiger partial charge >= 0.3 is 0 Å². The van der Waals surface area contributed by atoms with E-state index in [1.165, 1.54) is 4.31 Å². The maximum atomic E-state index is 13.5. The highest BCUT2D eigenvalue weighted by atomic mass is 32.2. The molecular formula is C25H26N4O3S. The second-order valence-corrected chi connectivity index (χ2v) is 10.4. The van der Waals surface area contributed by atoms with Crippen LogP contribution in [-0.4, -0.2) is 54.2 Å². The average molecular weight is 463 g/mol. The number of fused-ring (bicyclic) bond motifs is 1. The molecule has 0 spiro atoms. The summed E-state index contributed by atoms with van der Waals surface area (Å²) in [5.74, 6) is -0.119. The highest BCUT2D eigenvalue weighted by molar-refractivity contribution is 7.89. The number of rotatable bonds is 3. The monoisotopic (exact) mass is 462 g/mol. The van der Waals surface area contributed by atoms with Crippen LogP contribution in [0.2, 0.25) is 0 Å². The Labute approximate surface area is 194 Å². The van der Waals surface area contributed by atoms with Gasteiger partial charge in [-0.2, -0.15) is 9.57 Å². The molecular weight excluding hydrogens is 436 g/mol. The molecule has 0 radical (unpaired) electrons. The minimum Gasteiger partial charge on any atom is -0.333 e. The molecule has 4 rings (SSSR count). The fourth-order valence-corrected chi connectivity index (χ4v) is 6.66. The molecule has 8 heteroatoms. The topological polar surface area (TPSA) is 94.4 Å². The average Bonchev–Trinajstić information content (AvgIpc) is 2.77. The zero-order valence-electron chi connectivity index (χ0n) is 19.2. The van der Waals surface area contributed by atoms with E-state index in [1.54, 1.807) is 43.1 Å². The molecule has 1 fully saturated rings. The van der Waals surface area contributed by atoms with Gasteiger partial charge in [-0.15, -0.1) is 0 Å². The molecule has 2 aromatic carbocycles. The molecule has 33 heavy (non-hydrogen) atoms. The molecule has 0 bridgehead atoms. The first-order valence-electron chi connectivity index (χ1n) is 10.8. The van der Waals surface area contributed by atoms with Gasteiger partial charge in [-0.3, -0.25) is 9.78 Å². The molecule has 1 saturated heterocycles. The van der Waals surface area contributed by atoms with Crippen molar-refractivity contribution in [2.24, 2.45) is 0 Å². The Bertz CT molecular complexity index is 1380. The van der Waals surface area contributed by atoms with Crippen molar-refractivity contribution in [3.05, 3.63) is 70.5 Å². The van der Waals surface area contributed by atoms with E-state index in [1.807, 2.05) is 32.0 Å². The smallest absolute Gasteiger partial charge is 0.254 e. The fourth-order valence-electron chi connectivity index (χ4n) is 4.73. The second-order valence-electron chi connectivity index (χ2n) is 8.56. The van der Waals surface area contributed by atoms with Crippen molar-refractivity contribution in [1.82, 2.24) is 14.2 Å². The molecule has 0 N–H and O–H groups in total. The van der Waals surface area contributed by atoms with Crippen LogP contribution in [0.15, 0.2) is 47.5 Å². The highest BCUT2D eigenvalue weighted by Gasteiger charge is 2.36. The Balaban J connectivity index is 1.62. The van der Waals surface area contributed by atoms with Crippen molar-refractivity contribution in [2.45, 2.75) is 38.6 Å². The predicted molar refractivity (Wildman–Crippen MR) is 126 cm³/mol. The van der Waals surface area contributed by atoms with Crippen molar-refractivity contribution >= 4 is 26.7 Å². The van der Waals surface area contributed by atoms with Gasteiger partial charge in [-0.05, 0) is 68.5 Å². The van der Waals surface area contributed by atoms with Crippen molar-refractivity contribution in [3.8, 4) is 6.07 Å². The fraction of sp³-hybridized carbons (Fsp3) is 0.320. The molecule has 3 aromatic rings. The second kappa shape index (κ2) is 8.58. The summed E-state index contributed by atoms with van der Waals surface area (Å²) in [7, 11) is -3.76. The van der Waals surface area contributed by atoms with Crippen molar-refractivity contribution in [2.75, 3.05) is 19.6 Å². The van der Waals surface area contributed by atoms with Crippen LogP contribution in [0.5, 0.6) is 0 Å². The molecule has 170 valence electrons. The minimum absolute atomic E-state index is 0.119. The van der Waals surface area contributed by atoms with Crippen LogP contribution >= 0.6 is 0 Å². The van der Waals surface area contributed by atoms with Gasteiger partial charge in [-0.25, -0.2) is 8.42 Å². The summed E-state index contributed by atoms with van der Waals surface area (Å²) in [6.07, 6.45) is 1.73. The van der Waals surface area contributed by atoms with Crippen LogP contribution in [0, 0.1) is 32.1 Å². The summed E-state index contributed by atoms with van der Waals surface area (Å²) < 4.78 is 28.4. The summed E-state index contributed by atoms with van der Waals surface area (Å²) in [6.45, 7) is 7.88. The molecule has 0 unspecified atom stereocenters. The number of nitriles is 1. The van der Waals surface area contributed by atoms with Gasteiger partial charge in [0.05, 0.1) is 16.5 Å². The first-order valence-corrected chi connectivity index (χ1v) is 12.3. The van der Waals surface area contributed by atoms with E-state index in [2.05, 4.69) is 11.1 Å². The van der Waals surface area contributed by atoms with Crippen molar-refractivity contribution < 1.29 is 13.2 Å². The number of hydrogen-bond acceptors (Lipinski definition) is 5. The number of carbonyl (C=O) groups is 1. The van der Waals surface area contributed by atoms with Gasteiger partial charge in [0.1, 0.15) is 0 Å². The molecule has 1 aliphatic rings. The molecule has 1 aromatic heterocycles. The van der Waals surface area contributed by atoms with Crippen LogP contribution in [0.25, 0.3) is 10.8 Å². The Kier molecular flexibility index (Phi) is 5.95. The van der Waals surface area contributed by atoms with E-state index < -0.39 is 10.0 Å². The van der Waals surface area contributed by atoms with Gasteiger partial charge in [0, 0.05) is 48.5 Å². The number of benzene rings is 2. The van der Waals surface area contributed by atoms with Crippen LogP contribution in [0.4, 0.5) is 0 Å². The van der Waals surface area contributed by atoms with Crippen LogP contribution < -0.4 is 0 Å². The Morgan fingerprint density at radius 1 is 1.12 bits per heavy atom. The SMILES string of the molecule is Cc1cc(C#N)cc(C)c1S(=O)(=O)N1CCN(C(=O)c2cccc3ccnc(C)c23)[C@@H](C)C1. The number of hydrogen-bond donors (Lipinski definition) is 0. The molecule has 0 aliphatic carbocycles. The normalized spacial score (nSPS) is 17.2.